The number of carbonyl (C=O) groups excluding carboxylic acids is 1. The van der Waals surface area contributed by atoms with Gasteiger partial charge in [-0.15, -0.1) is 0 Å². The lowest BCUT2D eigenvalue weighted by Gasteiger charge is -2.33. The third-order valence-electron chi connectivity index (χ3n) is 4.04. The van der Waals surface area contributed by atoms with E-state index in [2.05, 4.69) is 25.8 Å². The Morgan fingerprint density at radius 2 is 2.04 bits per heavy atom. The number of β-amino-alcohol motifs (C(OH)–C–C–N with tert-alkyl or cyclic N) is 1. The summed E-state index contributed by atoms with van der Waals surface area (Å²) < 4.78 is 10.4. The van der Waals surface area contributed by atoms with Crippen LogP contribution in [-0.4, -0.2) is 86.5 Å². The Hall–Kier alpha value is -2.10. The summed E-state index contributed by atoms with van der Waals surface area (Å²) in [4.78, 5) is 18.5. The van der Waals surface area contributed by atoms with Crippen LogP contribution < -0.4 is 16.0 Å². The Bertz CT molecular complexity index is 583. The molecule has 2 rings (SSSR count). The fraction of sp³-hybridized carbons (Fsp3) is 0.667. The number of aliphatic hydroxyl groups is 1. The number of hydrogen-bond donors (Lipinski definition) is 4. The van der Waals surface area contributed by atoms with E-state index in [1.165, 1.54) is 6.26 Å². The van der Waals surface area contributed by atoms with Crippen LogP contribution in [0.1, 0.15) is 24.4 Å². The third kappa shape index (κ3) is 7.98. The van der Waals surface area contributed by atoms with Gasteiger partial charge in [-0.1, -0.05) is 0 Å². The number of nitrogens with one attached hydrogen (secondary N) is 3. The van der Waals surface area contributed by atoms with E-state index in [0.717, 1.165) is 13.1 Å². The molecule has 1 aliphatic heterocycles. The molecular weight excluding hydrogens is 350 g/mol. The number of morpholine rings is 1. The number of guanidine groups is 1. The molecule has 0 spiro atoms. The van der Waals surface area contributed by atoms with E-state index < -0.39 is 5.60 Å². The van der Waals surface area contributed by atoms with Crippen molar-refractivity contribution in [2.45, 2.75) is 19.4 Å². The van der Waals surface area contributed by atoms with Crippen molar-refractivity contribution < 1.29 is 19.1 Å². The Kier molecular flexibility index (Phi) is 8.56. The summed E-state index contributed by atoms with van der Waals surface area (Å²) in [5.41, 5.74) is -0.923. The van der Waals surface area contributed by atoms with E-state index >= 15 is 0 Å². The number of amides is 1. The second-order valence-electron chi connectivity index (χ2n) is 6.74. The molecule has 1 atom stereocenters. The van der Waals surface area contributed by atoms with Crippen LogP contribution in [0.25, 0.3) is 0 Å². The van der Waals surface area contributed by atoms with Gasteiger partial charge in [0.25, 0.3) is 5.91 Å². The Morgan fingerprint density at radius 3 is 2.70 bits per heavy atom. The summed E-state index contributed by atoms with van der Waals surface area (Å²) in [5.74, 6) is 0.638. The third-order valence-corrected chi connectivity index (χ3v) is 4.04. The minimum absolute atomic E-state index is 0.253. The van der Waals surface area contributed by atoms with Gasteiger partial charge in [0.15, 0.2) is 11.7 Å². The largest absolute Gasteiger partial charge is 0.459 e. The molecule has 0 bridgehead atoms. The zero-order valence-corrected chi connectivity index (χ0v) is 16.2. The smallest absolute Gasteiger partial charge is 0.287 e. The summed E-state index contributed by atoms with van der Waals surface area (Å²) in [7, 11) is 0. The van der Waals surface area contributed by atoms with Crippen LogP contribution in [0.5, 0.6) is 0 Å². The fourth-order valence-corrected chi connectivity index (χ4v) is 2.73. The van der Waals surface area contributed by atoms with Crippen molar-refractivity contribution in [2.75, 3.05) is 59.0 Å². The average molecular weight is 381 g/mol. The molecule has 1 unspecified atom stereocenters. The molecule has 1 fully saturated rings. The Balaban J connectivity index is 1.74. The second-order valence-corrected chi connectivity index (χ2v) is 6.74. The number of ether oxygens (including phenoxy) is 1. The van der Waals surface area contributed by atoms with Gasteiger partial charge in [0.2, 0.25) is 0 Å². The molecule has 27 heavy (non-hydrogen) atoms. The van der Waals surface area contributed by atoms with Crippen molar-refractivity contribution >= 4 is 11.9 Å². The summed E-state index contributed by atoms with van der Waals surface area (Å²) in [6.45, 7) is 9.29. The molecule has 2 heterocycles. The average Bonchev–Trinajstić information content (AvgIpc) is 3.18. The normalized spacial score (nSPS) is 18.0. The Morgan fingerprint density at radius 1 is 1.30 bits per heavy atom. The summed E-state index contributed by atoms with van der Waals surface area (Å²) in [6.07, 6.45) is 1.46. The van der Waals surface area contributed by atoms with E-state index in [0.29, 0.717) is 45.4 Å². The molecule has 9 nitrogen and oxygen atoms in total. The molecule has 1 amide bonds. The summed E-state index contributed by atoms with van der Waals surface area (Å²) in [6, 6.07) is 3.29. The Labute approximate surface area is 160 Å². The molecule has 0 aromatic carbocycles. The minimum Gasteiger partial charge on any atom is -0.459 e. The van der Waals surface area contributed by atoms with Gasteiger partial charge in [-0.2, -0.15) is 0 Å². The molecule has 0 saturated carbocycles. The monoisotopic (exact) mass is 381 g/mol. The predicted molar refractivity (Wildman–Crippen MR) is 103 cm³/mol. The standard InChI is InChI=1S/C18H31N5O4/c1-3-19-17(21-7-6-20-16(24)15-5-4-10-27-15)22-13-18(2,25)14-23-8-11-26-12-9-23/h4-5,10,25H,3,6-9,11-14H2,1-2H3,(H,20,24)(H2,19,21,22). The van der Waals surface area contributed by atoms with Crippen LogP contribution in [0.15, 0.2) is 27.8 Å². The fourth-order valence-electron chi connectivity index (χ4n) is 2.73. The highest BCUT2D eigenvalue weighted by atomic mass is 16.5. The van der Waals surface area contributed by atoms with Crippen molar-refractivity contribution in [2.24, 2.45) is 4.99 Å². The van der Waals surface area contributed by atoms with Crippen LogP contribution in [0.3, 0.4) is 0 Å². The SMILES string of the molecule is CCNC(=NCC(C)(O)CN1CCOCC1)NCCNC(=O)c1ccco1. The summed E-state index contributed by atoms with van der Waals surface area (Å²) in [5, 5.41) is 19.7. The molecule has 1 aromatic heterocycles. The molecule has 152 valence electrons. The lowest BCUT2D eigenvalue weighted by atomic mass is 10.1. The highest BCUT2D eigenvalue weighted by molar-refractivity contribution is 5.91. The number of rotatable bonds is 9. The van der Waals surface area contributed by atoms with E-state index in [1.54, 1.807) is 19.1 Å². The van der Waals surface area contributed by atoms with Crippen molar-refractivity contribution in [1.29, 1.82) is 0 Å². The quantitative estimate of drug-likeness (QED) is 0.263. The van der Waals surface area contributed by atoms with Crippen LogP contribution in [0, 0.1) is 0 Å². The number of aliphatic imine (C=N–C) groups is 1. The molecule has 4 N–H and O–H groups in total. The zero-order valence-electron chi connectivity index (χ0n) is 16.2. The van der Waals surface area contributed by atoms with Gasteiger partial charge < -0.3 is 30.2 Å². The second kappa shape index (κ2) is 10.9. The molecule has 0 aliphatic carbocycles. The first kappa shape index (κ1) is 21.2. The summed E-state index contributed by atoms with van der Waals surface area (Å²) >= 11 is 0. The van der Waals surface area contributed by atoms with E-state index in [4.69, 9.17) is 9.15 Å². The van der Waals surface area contributed by atoms with Crippen molar-refractivity contribution in [3.8, 4) is 0 Å². The van der Waals surface area contributed by atoms with Gasteiger partial charge in [-0.05, 0) is 26.0 Å². The lowest BCUT2D eigenvalue weighted by molar-refractivity contribution is -0.0180. The topological polar surface area (TPSA) is 111 Å². The van der Waals surface area contributed by atoms with Gasteiger partial charge in [-0.25, -0.2) is 0 Å². The number of hydrogen-bond acceptors (Lipinski definition) is 6. The molecule has 1 aromatic rings. The van der Waals surface area contributed by atoms with E-state index in [9.17, 15) is 9.90 Å². The maximum absolute atomic E-state index is 11.8. The van der Waals surface area contributed by atoms with Crippen molar-refractivity contribution in [1.82, 2.24) is 20.9 Å². The van der Waals surface area contributed by atoms with Crippen LogP contribution in [0.4, 0.5) is 0 Å². The predicted octanol–water partition coefficient (Wildman–Crippen LogP) is -0.352. The van der Waals surface area contributed by atoms with Gasteiger partial charge in [-0.3, -0.25) is 14.7 Å². The maximum Gasteiger partial charge on any atom is 0.287 e. The van der Waals surface area contributed by atoms with Gasteiger partial charge >= 0.3 is 0 Å². The number of furan rings is 1. The lowest BCUT2D eigenvalue weighted by Crippen LogP contribution is -2.48. The highest BCUT2D eigenvalue weighted by Gasteiger charge is 2.25. The van der Waals surface area contributed by atoms with Gasteiger partial charge in [0.05, 0.1) is 31.6 Å². The molecular formula is C18H31N5O4. The molecule has 0 radical (unpaired) electrons. The molecule has 1 aliphatic rings. The van der Waals surface area contributed by atoms with Gasteiger partial charge in [0.1, 0.15) is 0 Å². The van der Waals surface area contributed by atoms with Crippen LogP contribution in [0.2, 0.25) is 0 Å². The highest BCUT2D eigenvalue weighted by Crippen LogP contribution is 2.09. The van der Waals surface area contributed by atoms with E-state index in [1.807, 2.05) is 6.92 Å². The van der Waals surface area contributed by atoms with E-state index in [-0.39, 0.29) is 18.2 Å². The minimum atomic E-state index is -0.923. The number of carbonyl (C=O) groups is 1. The maximum atomic E-state index is 11.8. The number of nitrogens with zero attached hydrogens (tertiary/aromatic N) is 2. The molecule has 9 heteroatoms. The van der Waals surface area contributed by atoms with Crippen LogP contribution >= 0.6 is 0 Å². The molecule has 1 saturated heterocycles. The van der Waals surface area contributed by atoms with Gasteiger partial charge in [0, 0.05) is 39.3 Å². The first-order valence-corrected chi connectivity index (χ1v) is 9.36. The zero-order chi connectivity index (χ0) is 19.5. The first-order chi connectivity index (χ1) is 13.0. The van der Waals surface area contributed by atoms with Crippen molar-refractivity contribution in [3.05, 3.63) is 24.2 Å². The van der Waals surface area contributed by atoms with Crippen LogP contribution in [-0.2, 0) is 4.74 Å². The van der Waals surface area contributed by atoms with Crippen molar-refractivity contribution in [3.63, 3.8) is 0 Å². The first-order valence-electron chi connectivity index (χ1n) is 9.36.